The summed E-state index contributed by atoms with van der Waals surface area (Å²) in [5, 5.41) is 9.73. The predicted molar refractivity (Wildman–Crippen MR) is 85.6 cm³/mol. The fourth-order valence-electron chi connectivity index (χ4n) is 3.22. The van der Waals surface area contributed by atoms with Crippen LogP contribution in [0.4, 0.5) is 0 Å². The lowest BCUT2D eigenvalue weighted by Gasteiger charge is -2.35. The average Bonchev–Trinajstić information content (AvgIpc) is 2.41. The summed E-state index contributed by atoms with van der Waals surface area (Å²) in [5.41, 5.74) is 2.54. The molecule has 1 aliphatic rings. The van der Waals surface area contributed by atoms with Gasteiger partial charge in [-0.15, -0.1) is 0 Å². The van der Waals surface area contributed by atoms with Gasteiger partial charge in [-0.05, 0) is 61.4 Å². The zero-order chi connectivity index (χ0) is 15.4. The van der Waals surface area contributed by atoms with Crippen molar-refractivity contribution < 1.29 is 9.90 Å². The minimum absolute atomic E-state index is 0.247. The monoisotopic (exact) mass is 309 g/mol. The molecule has 0 spiro atoms. The van der Waals surface area contributed by atoms with Crippen LogP contribution < -0.4 is 0 Å². The Morgan fingerprint density at radius 2 is 2.29 bits per heavy atom. The van der Waals surface area contributed by atoms with Gasteiger partial charge in [-0.2, -0.15) is 0 Å². The number of halogens is 1. The fourth-order valence-corrected chi connectivity index (χ4v) is 3.45. The molecule has 1 aromatic rings. The van der Waals surface area contributed by atoms with E-state index in [4.69, 9.17) is 16.7 Å². The van der Waals surface area contributed by atoms with Crippen LogP contribution in [-0.4, -0.2) is 29.1 Å². The van der Waals surface area contributed by atoms with E-state index in [9.17, 15) is 4.79 Å². The van der Waals surface area contributed by atoms with Crippen LogP contribution in [0.3, 0.4) is 0 Å². The number of likely N-dealkylation sites (tertiary alicyclic amines) is 1. The first-order chi connectivity index (χ1) is 9.95. The molecule has 1 aliphatic heterocycles. The smallest absolute Gasteiger partial charge is 0.303 e. The van der Waals surface area contributed by atoms with Crippen molar-refractivity contribution in [3.05, 3.63) is 34.3 Å². The third-order valence-corrected chi connectivity index (χ3v) is 4.78. The summed E-state index contributed by atoms with van der Waals surface area (Å²) in [6.45, 7) is 7.18. The van der Waals surface area contributed by atoms with Gasteiger partial charge in [0.05, 0.1) is 0 Å². The van der Waals surface area contributed by atoms with Crippen LogP contribution in [0.15, 0.2) is 18.2 Å². The minimum Gasteiger partial charge on any atom is -0.481 e. The summed E-state index contributed by atoms with van der Waals surface area (Å²) >= 11 is 6.00. The van der Waals surface area contributed by atoms with Gasteiger partial charge in [-0.1, -0.05) is 24.6 Å². The Kier molecular flexibility index (Phi) is 5.65. The van der Waals surface area contributed by atoms with E-state index in [1.807, 2.05) is 12.1 Å². The molecule has 0 amide bonds. The van der Waals surface area contributed by atoms with Gasteiger partial charge >= 0.3 is 5.97 Å². The standard InChI is InChI=1S/C17H24ClNO2/c1-12-8-16(18)6-5-15(12)11-19-7-3-4-14(10-19)13(2)9-17(20)21/h5-6,8,13-14H,3-4,7,9-11H2,1-2H3,(H,20,21). The summed E-state index contributed by atoms with van der Waals surface area (Å²) in [5.74, 6) is 0.0484. The number of piperidine rings is 1. The van der Waals surface area contributed by atoms with E-state index in [1.165, 1.54) is 11.1 Å². The summed E-state index contributed by atoms with van der Waals surface area (Å²) in [4.78, 5) is 13.3. The normalized spacial score (nSPS) is 21.2. The van der Waals surface area contributed by atoms with Crippen LogP contribution in [-0.2, 0) is 11.3 Å². The molecule has 2 atom stereocenters. The first kappa shape index (κ1) is 16.3. The molecule has 1 N–H and O–H groups in total. The molecule has 1 fully saturated rings. The maximum absolute atomic E-state index is 10.9. The number of aliphatic carboxylic acids is 1. The Morgan fingerprint density at radius 3 is 2.95 bits per heavy atom. The van der Waals surface area contributed by atoms with Gasteiger partial charge in [0.2, 0.25) is 0 Å². The van der Waals surface area contributed by atoms with E-state index in [2.05, 4.69) is 24.8 Å². The number of carbonyl (C=O) groups is 1. The molecule has 0 saturated carbocycles. The van der Waals surface area contributed by atoms with Crippen LogP contribution >= 0.6 is 11.6 Å². The van der Waals surface area contributed by atoms with Crippen molar-refractivity contribution in [1.82, 2.24) is 4.90 Å². The first-order valence-electron chi connectivity index (χ1n) is 7.65. The summed E-state index contributed by atoms with van der Waals surface area (Å²) < 4.78 is 0. The second kappa shape index (κ2) is 7.28. The molecular weight excluding hydrogens is 286 g/mol. The van der Waals surface area contributed by atoms with E-state index in [0.29, 0.717) is 5.92 Å². The lowest BCUT2D eigenvalue weighted by Crippen LogP contribution is -2.38. The topological polar surface area (TPSA) is 40.5 Å². The number of benzene rings is 1. The van der Waals surface area contributed by atoms with Crippen molar-refractivity contribution in [2.45, 2.75) is 39.7 Å². The minimum atomic E-state index is -0.687. The number of carboxylic acids is 1. The molecule has 21 heavy (non-hydrogen) atoms. The average molecular weight is 310 g/mol. The van der Waals surface area contributed by atoms with E-state index in [0.717, 1.165) is 37.5 Å². The molecule has 1 aromatic carbocycles. The molecule has 0 aromatic heterocycles. The van der Waals surface area contributed by atoms with Crippen LogP contribution in [0.1, 0.15) is 37.3 Å². The van der Waals surface area contributed by atoms with E-state index >= 15 is 0 Å². The van der Waals surface area contributed by atoms with Crippen molar-refractivity contribution >= 4 is 17.6 Å². The molecule has 0 aliphatic carbocycles. The largest absolute Gasteiger partial charge is 0.481 e. The molecule has 2 rings (SSSR count). The zero-order valence-electron chi connectivity index (χ0n) is 12.8. The maximum atomic E-state index is 10.9. The van der Waals surface area contributed by atoms with Crippen molar-refractivity contribution in [1.29, 1.82) is 0 Å². The lowest BCUT2D eigenvalue weighted by molar-refractivity contribution is -0.138. The van der Waals surface area contributed by atoms with E-state index in [1.54, 1.807) is 0 Å². The lowest BCUT2D eigenvalue weighted by atomic mass is 9.84. The van der Waals surface area contributed by atoms with Gasteiger partial charge in [-0.25, -0.2) is 0 Å². The highest BCUT2D eigenvalue weighted by Crippen LogP contribution is 2.27. The maximum Gasteiger partial charge on any atom is 0.303 e. The van der Waals surface area contributed by atoms with E-state index in [-0.39, 0.29) is 12.3 Å². The van der Waals surface area contributed by atoms with Gasteiger partial charge in [0, 0.05) is 24.5 Å². The van der Waals surface area contributed by atoms with Gasteiger partial charge in [0.15, 0.2) is 0 Å². The Hall–Kier alpha value is -1.06. The summed E-state index contributed by atoms with van der Waals surface area (Å²) in [7, 11) is 0. The number of nitrogens with zero attached hydrogens (tertiary/aromatic N) is 1. The highest BCUT2D eigenvalue weighted by Gasteiger charge is 2.26. The van der Waals surface area contributed by atoms with Crippen molar-refractivity contribution in [3.8, 4) is 0 Å². The van der Waals surface area contributed by atoms with E-state index < -0.39 is 5.97 Å². The zero-order valence-corrected chi connectivity index (χ0v) is 13.6. The predicted octanol–water partition coefficient (Wildman–Crippen LogP) is 3.97. The molecule has 116 valence electrons. The summed E-state index contributed by atoms with van der Waals surface area (Å²) in [6.07, 6.45) is 2.57. The molecule has 1 saturated heterocycles. The third-order valence-electron chi connectivity index (χ3n) is 4.54. The number of carboxylic acid groups (broad SMARTS) is 1. The molecule has 4 heteroatoms. The SMILES string of the molecule is Cc1cc(Cl)ccc1CN1CCCC(C(C)CC(=O)O)C1. The Bertz CT molecular complexity index is 504. The number of hydrogen-bond acceptors (Lipinski definition) is 2. The first-order valence-corrected chi connectivity index (χ1v) is 8.02. The molecule has 2 unspecified atom stereocenters. The Balaban J connectivity index is 1.96. The van der Waals surface area contributed by atoms with Crippen molar-refractivity contribution in [2.24, 2.45) is 11.8 Å². The second-order valence-corrected chi connectivity index (χ2v) is 6.72. The number of rotatable bonds is 5. The molecule has 3 nitrogen and oxygen atoms in total. The van der Waals surface area contributed by atoms with Gasteiger partial charge in [0.1, 0.15) is 0 Å². The highest BCUT2D eigenvalue weighted by atomic mass is 35.5. The third kappa shape index (κ3) is 4.72. The Labute approximate surface area is 131 Å². The Morgan fingerprint density at radius 1 is 1.52 bits per heavy atom. The quantitative estimate of drug-likeness (QED) is 0.894. The second-order valence-electron chi connectivity index (χ2n) is 6.28. The van der Waals surface area contributed by atoms with Crippen LogP contribution in [0.5, 0.6) is 0 Å². The number of hydrogen-bond donors (Lipinski definition) is 1. The molecule has 1 heterocycles. The van der Waals surface area contributed by atoms with Crippen LogP contribution in [0, 0.1) is 18.8 Å². The van der Waals surface area contributed by atoms with Gasteiger partial charge in [-0.3, -0.25) is 9.69 Å². The summed E-state index contributed by atoms with van der Waals surface area (Å²) in [6, 6.07) is 6.05. The van der Waals surface area contributed by atoms with Gasteiger partial charge < -0.3 is 5.11 Å². The fraction of sp³-hybridized carbons (Fsp3) is 0.588. The molecule has 0 radical (unpaired) electrons. The van der Waals surface area contributed by atoms with Crippen molar-refractivity contribution in [2.75, 3.05) is 13.1 Å². The number of aryl methyl sites for hydroxylation is 1. The highest BCUT2D eigenvalue weighted by molar-refractivity contribution is 6.30. The molecule has 0 bridgehead atoms. The van der Waals surface area contributed by atoms with Crippen molar-refractivity contribution in [3.63, 3.8) is 0 Å². The van der Waals surface area contributed by atoms with Crippen LogP contribution in [0.25, 0.3) is 0 Å². The van der Waals surface area contributed by atoms with Gasteiger partial charge in [0.25, 0.3) is 0 Å². The molecular formula is C17H24ClNO2. The van der Waals surface area contributed by atoms with Crippen LogP contribution in [0.2, 0.25) is 5.02 Å².